The highest BCUT2D eigenvalue weighted by Gasteiger charge is 2.24. The first kappa shape index (κ1) is 20.2. The number of ketones is 1. The first-order valence-corrected chi connectivity index (χ1v) is 10.4. The van der Waals surface area contributed by atoms with Crippen LogP contribution in [0.5, 0.6) is 11.5 Å². The third kappa shape index (κ3) is 4.57. The van der Waals surface area contributed by atoms with Crippen LogP contribution >= 0.6 is 0 Å². The number of ether oxygens (including phenoxy) is 2. The molecule has 0 aliphatic carbocycles. The van der Waals surface area contributed by atoms with Gasteiger partial charge in [0.25, 0.3) is 5.91 Å². The zero-order valence-corrected chi connectivity index (χ0v) is 17.4. The van der Waals surface area contributed by atoms with E-state index in [4.69, 9.17) is 9.47 Å². The largest absolute Gasteiger partial charge is 0.454 e. The highest BCUT2D eigenvalue weighted by Crippen LogP contribution is 2.34. The Balaban J connectivity index is 1.25. The van der Waals surface area contributed by atoms with Crippen molar-refractivity contribution in [1.29, 1.82) is 0 Å². The van der Waals surface area contributed by atoms with Crippen molar-refractivity contribution >= 4 is 17.4 Å². The molecule has 0 unspecified atom stereocenters. The summed E-state index contributed by atoms with van der Waals surface area (Å²) in [4.78, 5) is 27.6. The number of quaternary nitrogens is 1. The van der Waals surface area contributed by atoms with Gasteiger partial charge in [0.05, 0.1) is 32.2 Å². The summed E-state index contributed by atoms with van der Waals surface area (Å²) < 4.78 is 10.8. The number of nitrogens with one attached hydrogen (secondary N) is 2. The number of fused-ring (bicyclic) bond motifs is 1. The van der Waals surface area contributed by atoms with E-state index in [9.17, 15) is 9.59 Å². The minimum atomic E-state index is -0.0903. The number of amides is 1. The van der Waals surface area contributed by atoms with E-state index in [1.54, 1.807) is 6.92 Å². The fourth-order valence-electron chi connectivity index (χ4n) is 3.95. The van der Waals surface area contributed by atoms with Crippen molar-refractivity contribution in [3.05, 3.63) is 53.6 Å². The van der Waals surface area contributed by atoms with E-state index in [1.165, 1.54) is 4.90 Å². The molecule has 2 aliphatic heterocycles. The Hall–Kier alpha value is -3.06. The van der Waals surface area contributed by atoms with Gasteiger partial charge in [-0.15, -0.1) is 0 Å². The van der Waals surface area contributed by atoms with Gasteiger partial charge in [-0.3, -0.25) is 9.59 Å². The standard InChI is InChI=1S/C23H27N3O4/c1-16(19-5-8-21-22(13-19)30-15-29-21)24-23(28)14-25-9-11-26(12-10-25)20-6-3-18(4-7-20)17(2)27/h3-8,13,16H,9-12,14-15H2,1-2H3,(H,24,28)/p+1/t16-/m0/s1. The quantitative estimate of drug-likeness (QED) is 0.701. The predicted molar refractivity (Wildman–Crippen MR) is 113 cm³/mol. The number of hydrogen-bond donors (Lipinski definition) is 2. The smallest absolute Gasteiger partial charge is 0.275 e. The molecular weight excluding hydrogens is 382 g/mol. The van der Waals surface area contributed by atoms with Crippen molar-refractivity contribution in [1.82, 2.24) is 5.32 Å². The van der Waals surface area contributed by atoms with E-state index in [2.05, 4.69) is 10.2 Å². The number of Topliss-reactive ketones (excluding diaryl/α,β-unsaturated/α-hetero) is 1. The van der Waals surface area contributed by atoms with Crippen LogP contribution in [0.25, 0.3) is 0 Å². The van der Waals surface area contributed by atoms with Crippen LogP contribution in [0.15, 0.2) is 42.5 Å². The molecule has 7 heteroatoms. The Labute approximate surface area is 176 Å². The van der Waals surface area contributed by atoms with Gasteiger partial charge in [0, 0.05) is 11.3 Å². The van der Waals surface area contributed by atoms with Crippen LogP contribution in [-0.4, -0.2) is 51.2 Å². The molecule has 0 saturated carbocycles. The zero-order chi connectivity index (χ0) is 21.1. The summed E-state index contributed by atoms with van der Waals surface area (Å²) in [5.41, 5.74) is 2.86. The molecule has 1 atom stereocenters. The van der Waals surface area contributed by atoms with Gasteiger partial charge in [0.1, 0.15) is 0 Å². The highest BCUT2D eigenvalue weighted by atomic mass is 16.7. The number of rotatable bonds is 6. The molecule has 1 saturated heterocycles. The average molecular weight is 410 g/mol. The van der Waals surface area contributed by atoms with Crippen molar-refractivity contribution in [2.75, 3.05) is 44.4 Å². The molecule has 2 N–H and O–H groups in total. The maximum atomic E-state index is 12.5. The van der Waals surface area contributed by atoms with Crippen molar-refractivity contribution in [3.63, 3.8) is 0 Å². The van der Waals surface area contributed by atoms with Crippen LogP contribution in [0.3, 0.4) is 0 Å². The van der Waals surface area contributed by atoms with Crippen LogP contribution in [0, 0.1) is 0 Å². The minimum Gasteiger partial charge on any atom is -0.454 e. The number of benzene rings is 2. The summed E-state index contributed by atoms with van der Waals surface area (Å²) in [6, 6.07) is 13.4. The second kappa shape index (κ2) is 8.75. The van der Waals surface area contributed by atoms with E-state index >= 15 is 0 Å². The summed E-state index contributed by atoms with van der Waals surface area (Å²) in [6.07, 6.45) is 0. The highest BCUT2D eigenvalue weighted by molar-refractivity contribution is 5.94. The number of anilines is 1. The van der Waals surface area contributed by atoms with Crippen molar-refractivity contribution in [3.8, 4) is 11.5 Å². The number of carbonyl (C=O) groups excluding carboxylic acids is 2. The second-order valence-electron chi connectivity index (χ2n) is 7.92. The van der Waals surface area contributed by atoms with Gasteiger partial charge in [-0.2, -0.15) is 0 Å². The molecule has 1 fully saturated rings. The lowest BCUT2D eigenvalue weighted by molar-refractivity contribution is -0.892. The first-order chi connectivity index (χ1) is 14.5. The molecule has 2 aliphatic rings. The van der Waals surface area contributed by atoms with Crippen LogP contribution in [0.1, 0.15) is 35.8 Å². The average Bonchev–Trinajstić information content (AvgIpc) is 3.22. The van der Waals surface area contributed by atoms with Crippen LogP contribution < -0.4 is 24.6 Å². The van der Waals surface area contributed by atoms with Crippen LogP contribution in [0.2, 0.25) is 0 Å². The van der Waals surface area contributed by atoms with Crippen LogP contribution in [0.4, 0.5) is 5.69 Å². The summed E-state index contributed by atoms with van der Waals surface area (Å²) in [6.45, 7) is 7.85. The Morgan fingerprint density at radius 3 is 2.47 bits per heavy atom. The zero-order valence-electron chi connectivity index (χ0n) is 17.4. The summed E-state index contributed by atoms with van der Waals surface area (Å²) in [5.74, 6) is 1.61. The maximum absolute atomic E-state index is 12.5. The molecular formula is C23H28N3O4+. The topological polar surface area (TPSA) is 72.3 Å². The van der Waals surface area contributed by atoms with Crippen molar-refractivity contribution < 1.29 is 24.0 Å². The summed E-state index contributed by atoms with van der Waals surface area (Å²) in [5, 5.41) is 3.09. The van der Waals surface area contributed by atoms with E-state index in [0.29, 0.717) is 6.54 Å². The lowest BCUT2D eigenvalue weighted by atomic mass is 10.1. The molecule has 2 heterocycles. The monoisotopic (exact) mass is 410 g/mol. The number of carbonyl (C=O) groups is 2. The molecule has 0 radical (unpaired) electrons. The van der Waals surface area contributed by atoms with E-state index in [-0.39, 0.29) is 24.5 Å². The fraction of sp³-hybridized carbons (Fsp3) is 0.391. The molecule has 4 rings (SSSR count). The Morgan fingerprint density at radius 2 is 1.77 bits per heavy atom. The summed E-state index contributed by atoms with van der Waals surface area (Å²) >= 11 is 0. The van der Waals surface area contributed by atoms with Gasteiger partial charge in [-0.1, -0.05) is 6.07 Å². The molecule has 2 aromatic rings. The Bertz CT molecular complexity index is 921. The molecule has 30 heavy (non-hydrogen) atoms. The number of hydrogen-bond acceptors (Lipinski definition) is 5. The minimum absolute atomic E-state index is 0.0504. The molecule has 158 valence electrons. The van der Waals surface area contributed by atoms with Gasteiger partial charge in [0.2, 0.25) is 6.79 Å². The maximum Gasteiger partial charge on any atom is 0.275 e. The van der Waals surface area contributed by atoms with E-state index < -0.39 is 0 Å². The number of piperazine rings is 1. The normalized spacial score (nSPS) is 16.9. The SMILES string of the molecule is CC(=O)c1ccc(N2CC[NH+](CC(=O)N[C@@H](C)c3ccc4c(c3)OCO4)CC2)cc1. The van der Waals surface area contributed by atoms with E-state index in [0.717, 1.165) is 54.5 Å². The fourth-order valence-corrected chi connectivity index (χ4v) is 3.95. The van der Waals surface area contributed by atoms with Crippen LogP contribution in [-0.2, 0) is 4.79 Å². The van der Waals surface area contributed by atoms with E-state index in [1.807, 2.05) is 49.4 Å². The predicted octanol–water partition coefficient (Wildman–Crippen LogP) is 1.20. The third-order valence-electron chi connectivity index (χ3n) is 5.79. The molecule has 1 amide bonds. The van der Waals surface area contributed by atoms with Gasteiger partial charge in [0.15, 0.2) is 23.8 Å². The second-order valence-corrected chi connectivity index (χ2v) is 7.92. The molecule has 2 aromatic carbocycles. The lowest BCUT2D eigenvalue weighted by Crippen LogP contribution is -3.15. The van der Waals surface area contributed by atoms with Crippen molar-refractivity contribution in [2.24, 2.45) is 0 Å². The van der Waals surface area contributed by atoms with Gasteiger partial charge >= 0.3 is 0 Å². The molecule has 7 nitrogen and oxygen atoms in total. The Kier molecular flexibility index (Phi) is 5.90. The molecule has 0 spiro atoms. The third-order valence-corrected chi connectivity index (χ3v) is 5.79. The molecule has 0 bridgehead atoms. The van der Waals surface area contributed by atoms with Gasteiger partial charge in [-0.05, 0) is 55.8 Å². The Morgan fingerprint density at radius 1 is 1.07 bits per heavy atom. The first-order valence-electron chi connectivity index (χ1n) is 10.4. The number of nitrogens with zero attached hydrogens (tertiary/aromatic N) is 1. The van der Waals surface area contributed by atoms with Gasteiger partial charge in [-0.25, -0.2) is 0 Å². The summed E-state index contributed by atoms with van der Waals surface area (Å²) in [7, 11) is 0. The molecule has 0 aromatic heterocycles. The van der Waals surface area contributed by atoms with Gasteiger partial charge < -0.3 is 24.6 Å². The lowest BCUT2D eigenvalue weighted by Gasteiger charge is -2.33. The van der Waals surface area contributed by atoms with Crippen molar-refractivity contribution in [2.45, 2.75) is 19.9 Å².